The highest BCUT2D eigenvalue weighted by Gasteiger charge is 1.96. The van der Waals surface area contributed by atoms with Crippen LogP contribution in [0.5, 0.6) is 0 Å². The van der Waals surface area contributed by atoms with Gasteiger partial charge in [0.25, 0.3) is 0 Å². The van der Waals surface area contributed by atoms with Gasteiger partial charge in [-0.2, -0.15) is 0 Å². The third kappa shape index (κ3) is 2.77. The second-order valence-corrected chi connectivity index (χ2v) is 4.21. The van der Waals surface area contributed by atoms with Crippen LogP contribution in [0.2, 0.25) is 0 Å². The van der Waals surface area contributed by atoms with Crippen LogP contribution in [0.3, 0.4) is 0 Å². The van der Waals surface area contributed by atoms with Crippen molar-refractivity contribution in [1.82, 2.24) is 14.8 Å². The van der Waals surface area contributed by atoms with E-state index in [-0.39, 0.29) is 0 Å². The van der Waals surface area contributed by atoms with Gasteiger partial charge in [0.2, 0.25) is 0 Å². The van der Waals surface area contributed by atoms with Crippen molar-refractivity contribution in [2.75, 3.05) is 0 Å². The topological polar surface area (TPSA) is 30.7 Å². The molecule has 0 aliphatic heterocycles. The molecule has 0 aliphatic rings. The smallest absolute Gasteiger partial charge is 0.123 e. The summed E-state index contributed by atoms with van der Waals surface area (Å²) in [5, 5.41) is 7.63. The second kappa shape index (κ2) is 5.31. The van der Waals surface area contributed by atoms with Crippen LogP contribution in [0.15, 0.2) is 67.3 Å². The van der Waals surface area contributed by atoms with Gasteiger partial charge in [0.15, 0.2) is 0 Å². The first-order valence-corrected chi connectivity index (χ1v) is 6.10. The Morgan fingerprint density at radius 1 is 0.737 bits per heavy atom. The zero-order valence-corrected chi connectivity index (χ0v) is 10.3. The Bertz CT molecular complexity index is 670. The van der Waals surface area contributed by atoms with Crippen molar-refractivity contribution in [3.63, 3.8) is 0 Å². The van der Waals surface area contributed by atoms with Gasteiger partial charge < -0.3 is 0 Å². The fourth-order valence-electron chi connectivity index (χ4n) is 1.88. The molecule has 3 rings (SSSR count). The van der Waals surface area contributed by atoms with Crippen LogP contribution in [0, 0.1) is 0 Å². The van der Waals surface area contributed by atoms with E-state index < -0.39 is 0 Å². The molecule has 0 radical (unpaired) electrons. The van der Waals surface area contributed by atoms with Gasteiger partial charge in [0, 0.05) is 5.69 Å². The third-order valence-electron chi connectivity index (χ3n) is 2.85. The highest BCUT2D eigenvalue weighted by molar-refractivity contribution is 5.70. The zero-order valence-electron chi connectivity index (χ0n) is 10.3. The van der Waals surface area contributed by atoms with Crippen molar-refractivity contribution in [2.45, 2.75) is 0 Å². The molecule has 0 N–H and O–H groups in total. The molecule has 0 fully saturated rings. The van der Waals surface area contributed by atoms with Crippen molar-refractivity contribution >= 4 is 12.2 Å². The van der Waals surface area contributed by atoms with Crippen LogP contribution >= 0.6 is 0 Å². The first-order chi connectivity index (χ1) is 9.42. The molecule has 0 amide bonds. The molecule has 0 saturated heterocycles. The second-order valence-electron chi connectivity index (χ2n) is 4.21. The van der Waals surface area contributed by atoms with Crippen molar-refractivity contribution in [2.24, 2.45) is 0 Å². The van der Waals surface area contributed by atoms with Crippen LogP contribution < -0.4 is 0 Å². The van der Waals surface area contributed by atoms with E-state index in [1.807, 2.05) is 34.9 Å². The SMILES string of the molecule is C(=C\c1cccc(-n2cnnc2)c1)/c1ccccc1. The molecule has 19 heavy (non-hydrogen) atoms. The van der Waals surface area contributed by atoms with Gasteiger partial charge in [-0.3, -0.25) is 4.57 Å². The lowest BCUT2D eigenvalue weighted by Crippen LogP contribution is -1.89. The van der Waals surface area contributed by atoms with E-state index in [2.05, 4.69) is 46.6 Å². The molecule has 3 nitrogen and oxygen atoms in total. The lowest BCUT2D eigenvalue weighted by molar-refractivity contribution is 1.05. The highest BCUT2D eigenvalue weighted by Crippen LogP contribution is 2.13. The van der Waals surface area contributed by atoms with Crippen molar-refractivity contribution in [1.29, 1.82) is 0 Å². The predicted octanol–water partition coefficient (Wildman–Crippen LogP) is 3.44. The van der Waals surface area contributed by atoms with Crippen molar-refractivity contribution < 1.29 is 0 Å². The number of nitrogens with zero attached hydrogens (tertiary/aromatic N) is 3. The summed E-state index contributed by atoms with van der Waals surface area (Å²) in [6, 6.07) is 18.5. The van der Waals surface area contributed by atoms with Crippen LogP contribution in [0.1, 0.15) is 11.1 Å². The number of hydrogen-bond donors (Lipinski definition) is 0. The van der Waals surface area contributed by atoms with Crippen LogP contribution in [0.25, 0.3) is 17.8 Å². The standard InChI is InChI=1S/C16H13N3/c1-2-5-14(6-3-1)9-10-15-7-4-8-16(11-15)19-12-17-18-13-19/h1-13H/b10-9+. The molecular formula is C16H13N3. The lowest BCUT2D eigenvalue weighted by atomic mass is 10.1. The minimum absolute atomic E-state index is 1.06. The fraction of sp³-hybridized carbons (Fsp3) is 0. The van der Waals surface area contributed by atoms with E-state index in [4.69, 9.17) is 0 Å². The molecule has 1 aromatic heterocycles. The number of benzene rings is 2. The average molecular weight is 247 g/mol. The highest BCUT2D eigenvalue weighted by atomic mass is 15.2. The molecule has 3 aromatic rings. The predicted molar refractivity (Wildman–Crippen MR) is 76.7 cm³/mol. The molecule has 1 heterocycles. The van der Waals surface area contributed by atoms with E-state index in [0.717, 1.165) is 11.3 Å². The molecular weight excluding hydrogens is 234 g/mol. The Kier molecular flexibility index (Phi) is 3.19. The summed E-state index contributed by atoms with van der Waals surface area (Å²) in [6.45, 7) is 0. The Balaban J connectivity index is 1.86. The van der Waals surface area contributed by atoms with Gasteiger partial charge >= 0.3 is 0 Å². The molecule has 2 aromatic carbocycles. The summed E-state index contributed by atoms with van der Waals surface area (Å²) >= 11 is 0. The minimum Gasteiger partial charge on any atom is -0.288 e. The van der Waals surface area contributed by atoms with E-state index in [9.17, 15) is 0 Å². The maximum Gasteiger partial charge on any atom is 0.123 e. The normalized spacial score (nSPS) is 10.9. The number of hydrogen-bond acceptors (Lipinski definition) is 2. The summed E-state index contributed by atoms with van der Waals surface area (Å²) in [5.74, 6) is 0. The summed E-state index contributed by atoms with van der Waals surface area (Å²) in [7, 11) is 0. The van der Waals surface area contributed by atoms with Crippen LogP contribution in [-0.4, -0.2) is 14.8 Å². The van der Waals surface area contributed by atoms with Crippen LogP contribution in [0.4, 0.5) is 0 Å². The average Bonchev–Trinajstić information content (AvgIpc) is 3.01. The van der Waals surface area contributed by atoms with Gasteiger partial charge in [-0.1, -0.05) is 54.6 Å². The quantitative estimate of drug-likeness (QED) is 0.664. The van der Waals surface area contributed by atoms with Crippen molar-refractivity contribution in [3.05, 3.63) is 78.4 Å². The number of rotatable bonds is 3. The van der Waals surface area contributed by atoms with E-state index in [0.29, 0.717) is 0 Å². The Morgan fingerprint density at radius 2 is 1.42 bits per heavy atom. The first kappa shape index (κ1) is 11.4. The van der Waals surface area contributed by atoms with Gasteiger partial charge in [-0.25, -0.2) is 0 Å². The number of aromatic nitrogens is 3. The molecule has 0 spiro atoms. The maximum absolute atomic E-state index is 3.82. The van der Waals surface area contributed by atoms with Gasteiger partial charge in [-0.05, 0) is 23.3 Å². The van der Waals surface area contributed by atoms with Gasteiger partial charge in [0.1, 0.15) is 12.7 Å². The Morgan fingerprint density at radius 3 is 2.21 bits per heavy atom. The maximum atomic E-state index is 3.82. The zero-order chi connectivity index (χ0) is 12.9. The van der Waals surface area contributed by atoms with Crippen molar-refractivity contribution in [3.8, 4) is 5.69 Å². The summed E-state index contributed by atoms with van der Waals surface area (Å²) in [6.07, 6.45) is 7.59. The lowest BCUT2D eigenvalue weighted by Gasteiger charge is -2.02. The molecule has 0 saturated carbocycles. The van der Waals surface area contributed by atoms with Gasteiger partial charge in [0.05, 0.1) is 0 Å². The molecule has 0 bridgehead atoms. The third-order valence-corrected chi connectivity index (χ3v) is 2.85. The molecule has 0 unspecified atom stereocenters. The Labute approximate surface area is 111 Å². The molecule has 0 aliphatic carbocycles. The largest absolute Gasteiger partial charge is 0.288 e. The minimum atomic E-state index is 1.06. The van der Waals surface area contributed by atoms with E-state index in [1.165, 1.54) is 5.56 Å². The van der Waals surface area contributed by atoms with Crippen LogP contribution in [-0.2, 0) is 0 Å². The molecule has 92 valence electrons. The first-order valence-electron chi connectivity index (χ1n) is 6.10. The fourth-order valence-corrected chi connectivity index (χ4v) is 1.88. The van der Waals surface area contributed by atoms with Gasteiger partial charge in [-0.15, -0.1) is 10.2 Å². The molecule has 0 atom stereocenters. The summed E-state index contributed by atoms with van der Waals surface area (Å²) in [4.78, 5) is 0. The van der Waals surface area contributed by atoms with E-state index >= 15 is 0 Å². The van der Waals surface area contributed by atoms with E-state index in [1.54, 1.807) is 12.7 Å². The summed E-state index contributed by atoms with van der Waals surface area (Å²) < 4.78 is 1.89. The summed E-state index contributed by atoms with van der Waals surface area (Å²) in [5.41, 5.74) is 3.40. The Hall–Kier alpha value is -2.68. The monoisotopic (exact) mass is 247 g/mol. The molecule has 3 heteroatoms.